The van der Waals surface area contributed by atoms with E-state index in [0.717, 1.165) is 5.69 Å². The van der Waals surface area contributed by atoms with Crippen LogP contribution in [0.3, 0.4) is 0 Å². The SMILES string of the molecule is Fc1ccccc1Cn1ccc(NC(=S)Nc2cnn(Cc3cccc4ccccc34)c2)n1. The standard InChI is InChI=1S/C25H21FN6S/c26-23-11-4-2-7-20(23)16-31-13-12-24(30-31)29-25(33)28-21-14-27-32(17-21)15-19-9-5-8-18-6-1-3-10-22(18)19/h1-14,17H,15-16H2,(H2,28,29,30,33). The molecule has 0 fully saturated rings. The molecule has 0 amide bonds. The van der Waals surface area contributed by atoms with E-state index in [4.69, 9.17) is 12.2 Å². The van der Waals surface area contributed by atoms with E-state index in [2.05, 4.69) is 51.2 Å². The number of halogens is 1. The number of rotatable bonds is 6. The summed E-state index contributed by atoms with van der Waals surface area (Å²) < 4.78 is 17.4. The third-order valence-electron chi connectivity index (χ3n) is 5.28. The molecule has 0 bridgehead atoms. The Morgan fingerprint density at radius 2 is 1.61 bits per heavy atom. The maximum Gasteiger partial charge on any atom is 0.176 e. The van der Waals surface area contributed by atoms with Crippen molar-refractivity contribution in [3.63, 3.8) is 0 Å². The maximum absolute atomic E-state index is 13.9. The smallest absolute Gasteiger partial charge is 0.176 e. The molecule has 0 saturated carbocycles. The molecule has 0 unspecified atom stereocenters. The second-order valence-corrected chi connectivity index (χ2v) is 8.04. The van der Waals surface area contributed by atoms with Gasteiger partial charge in [0, 0.05) is 24.0 Å². The number of benzene rings is 3. The van der Waals surface area contributed by atoms with Crippen molar-refractivity contribution >= 4 is 39.6 Å². The van der Waals surface area contributed by atoms with E-state index in [1.54, 1.807) is 41.3 Å². The third kappa shape index (κ3) is 4.91. The van der Waals surface area contributed by atoms with Gasteiger partial charge in [-0.25, -0.2) is 4.39 Å². The van der Waals surface area contributed by atoms with Crippen LogP contribution in [0.5, 0.6) is 0 Å². The highest BCUT2D eigenvalue weighted by molar-refractivity contribution is 7.80. The van der Waals surface area contributed by atoms with Gasteiger partial charge in [0.15, 0.2) is 10.9 Å². The van der Waals surface area contributed by atoms with Gasteiger partial charge in [-0.3, -0.25) is 9.36 Å². The first-order valence-corrected chi connectivity index (χ1v) is 10.9. The van der Waals surface area contributed by atoms with Gasteiger partial charge in [-0.15, -0.1) is 0 Å². The van der Waals surface area contributed by atoms with Crippen molar-refractivity contribution in [2.45, 2.75) is 13.1 Å². The fraction of sp³-hybridized carbons (Fsp3) is 0.0800. The van der Waals surface area contributed by atoms with Crippen LogP contribution in [0.25, 0.3) is 10.8 Å². The third-order valence-corrected chi connectivity index (χ3v) is 5.48. The summed E-state index contributed by atoms with van der Waals surface area (Å²) in [5.74, 6) is 0.326. The molecule has 6 nitrogen and oxygen atoms in total. The monoisotopic (exact) mass is 456 g/mol. The van der Waals surface area contributed by atoms with E-state index < -0.39 is 0 Å². The molecule has 0 spiro atoms. The molecule has 8 heteroatoms. The van der Waals surface area contributed by atoms with Crippen LogP contribution in [0.4, 0.5) is 15.9 Å². The van der Waals surface area contributed by atoms with Gasteiger partial charge in [-0.2, -0.15) is 10.2 Å². The predicted molar refractivity (Wildman–Crippen MR) is 133 cm³/mol. The Morgan fingerprint density at radius 1 is 0.848 bits per heavy atom. The summed E-state index contributed by atoms with van der Waals surface area (Å²) in [5.41, 5.74) is 2.55. The van der Waals surface area contributed by atoms with Gasteiger partial charge in [-0.05, 0) is 34.6 Å². The highest BCUT2D eigenvalue weighted by atomic mass is 32.1. The first-order valence-electron chi connectivity index (χ1n) is 10.5. The zero-order valence-electron chi connectivity index (χ0n) is 17.6. The zero-order chi connectivity index (χ0) is 22.6. The topological polar surface area (TPSA) is 59.7 Å². The molecule has 0 aliphatic heterocycles. The largest absolute Gasteiger partial charge is 0.330 e. The van der Waals surface area contributed by atoms with Crippen molar-refractivity contribution in [3.8, 4) is 0 Å². The van der Waals surface area contributed by atoms with Crippen LogP contribution in [0.1, 0.15) is 11.1 Å². The van der Waals surface area contributed by atoms with Gasteiger partial charge in [-0.1, -0.05) is 60.7 Å². The Hall–Kier alpha value is -4.04. The van der Waals surface area contributed by atoms with Crippen LogP contribution in [-0.2, 0) is 13.1 Å². The summed E-state index contributed by atoms with van der Waals surface area (Å²) >= 11 is 5.41. The fourth-order valence-electron chi connectivity index (χ4n) is 3.72. The number of anilines is 2. The number of aromatic nitrogens is 4. The molecular formula is C25H21FN6S. The first kappa shape index (κ1) is 20.8. The lowest BCUT2D eigenvalue weighted by molar-refractivity contribution is 0.586. The average Bonchev–Trinajstić information content (AvgIpc) is 3.44. The lowest BCUT2D eigenvalue weighted by atomic mass is 10.0. The number of nitrogens with one attached hydrogen (secondary N) is 2. The lowest BCUT2D eigenvalue weighted by Gasteiger charge is -2.08. The quantitative estimate of drug-likeness (QED) is 0.341. The predicted octanol–water partition coefficient (Wildman–Crippen LogP) is 5.28. The van der Waals surface area contributed by atoms with Gasteiger partial charge in [0.05, 0.1) is 25.0 Å². The van der Waals surface area contributed by atoms with E-state index in [0.29, 0.717) is 29.6 Å². The first-order chi connectivity index (χ1) is 16.1. The second kappa shape index (κ2) is 9.22. The minimum Gasteiger partial charge on any atom is -0.330 e. The summed E-state index contributed by atoms with van der Waals surface area (Å²) in [4.78, 5) is 0. The zero-order valence-corrected chi connectivity index (χ0v) is 18.5. The van der Waals surface area contributed by atoms with Crippen molar-refractivity contribution < 1.29 is 4.39 Å². The molecule has 2 N–H and O–H groups in total. The highest BCUT2D eigenvalue weighted by Gasteiger charge is 2.07. The molecule has 5 rings (SSSR count). The van der Waals surface area contributed by atoms with Crippen LogP contribution in [0.2, 0.25) is 0 Å². The van der Waals surface area contributed by atoms with Crippen LogP contribution < -0.4 is 10.6 Å². The molecule has 0 radical (unpaired) electrons. The molecule has 2 aromatic heterocycles. The molecule has 33 heavy (non-hydrogen) atoms. The van der Waals surface area contributed by atoms with Gasteiger partial charge >= 0.3 is 0 Å². The van der Waals surface area contributed by atoms with Crippen molar-refractivity contribution in [3.05, 3.63) is 108 Å². The molecule has 164 valence electrons. The van der Waals surface area contributed by atoms with Crippen LogP contribution >= 0.6 is 12.2 Å². The molecule has 2 heterocycles. The molecule has 5 aromatic rings. The van der Waals surface area contributed by atoms with Crippen LogP contribution in [0.15, 0.2) is 91.4 Å². The van der Waals surface area contributed by atoms with Gasteiger partial charge < -0.3 is 10.6 Å². The van der Waals surface area contributed by atoms with E-state index in [1.165, 1.54) is 22.4 Å². The van der Waals surface area contributed by atoms with E-state index in [9.17, 15) is 4.39 Å². The fourth-order valence-corrected chi connectivity index (χ4v) is 3.94. The summed E-state index contributed by atoms with van der Waals surface area (Å²) in [6.07, 6.45) is 5.42. The van der Waals surface area contributed by atoms with Gasteiger partial charge in [0.2, 0.25) is 0 Å². The number of nitrogens with zero attached hydrogens (tertiary/aromatic N) is 4. The molecule has 0 saturated heterocycles. The maximum atomic E-state index is 13.9. The van der Waals surface area contributed by atoms with Crippen LogP contribution in [-0.4, -0.2) is 24.7 Å². The Kier molecular flexibility index (Phi) is 5.82. The average molecular weight is 457 g/mol. The minimum absolute atomic E-state index is 0.250. The normalized spacial score (nSPS) is 10.9. The summed E-state index contributed by atoms with van der Waals surface area (Å²) in [5, 5.41) is 17.9. The van der Waals surface area contributed by atoms with Crippen molar-refractivity contribution in [2.75, 3.05) is 10.6 Å². The van der Waals surface area contributed by atoms with Gasteiger partial charge in [0.25, 0.3) is 0 Å². The number of fused-ring (bicyclic) bond motifs is 1. The second-order valence-electron chi connectivity index (χ2n) is 7.63. The lowest BCUT2D eigenvalue weighted by Crippen LogP contribution is -2.19. The molecule has 0 atom stereocenters. The summed E-state index contributed by atoms with van der Waals surface area (Å²) in [6, 6.07) is 23.0. The number of hydrogen-bond acceptors (Lipinski definition) is 3. The molecule has 0 aliphatic carbocycles. The number of thiocarbonyl (C=S) groups is 1. The number of hydrogen-bond donors (Lipinski definition) is 2. The van der Waals surface area contributed by atoms with E-state index >= 15 is 0 Å². The Labute approximate surface area is 195 Å². The molecule has 0 aliphatic rings. The van der Waals surface area contributed by atoms with Crippen molar-refractivity contribution in [2.24, 2.45) is 0 Å². The van der Waals surface area contributed by atoms with Gasteiger partial charge in [0.1, 0.15) is 5.82 Å². The van der Waals surface area contributed by atoms with Crippen LogP contribution in [0, 0.1) is 5.82 Å². The summed E-state index contributed by atoms with van der Waals surface area (Å²) in [7, 11) is 0. The van der Waals surface area contributed by atoms with E-state index in [-0.39, 0.29) is 5.82 Å². The Bertz CT molecular complexity index is 1420. The van der Waals surface area contributed by atoms with Crippen molar-refractivity contribution in [1.29, 1.82) is 0 Å². The Balaban J connectivity index is 1.20. The summed E-state index contributed by atoms with van der Waals surface area (Å²) in [6.45, 7) is 0.999. The van der Waals surface area contributed by atoms with E-state index in [1.807, 2.05) is 23.0 Å². The van der Waals surface area contributed by atoms with Crippen molar-refractivity contribution in [1.82, 2.24) is 19.6 Å². The molecule has 3 aromatic carbocycles. The highest BCUT2D eigenvalue weighted by Crippen LogP contribution is 2.20. The minimum atomic E-state index is -0.250. The molecular weight excluding hydrogens is 435 g/mol. The Morgan fingerprint density at radius 3 is 2.52 bits per heavy atom.